The van der Waals surface area contributed by atoms with Crippen LogP contribution >= 0.6 is 0 Å². The highest BCUT2D eigenvalue weighted by Crippen LogP contribution is 2.53. The summed E-state index contributed by atoms with van der Waals surface area (Å²) in [7, 11) is 0. The zero-order chi connectivity index (χ0) is 21.0. The van der Waals surface area contributed by atoms with Crippen molar-refractivity contribution in [1.29, 1.82) is 5.41 Å². The highest BCUT2D eigenvalue weighted by molar-refractivity contribution is 6.06. The van der Waals surface area contributed by atoms with Crippen LogP contribution in [0, 0.1) is 17.2 Å². The molecular formula is C23H24N4O3. The maximum Gasteiger partial charge on any atom is 0.235 e. The van der Waals surface area contributed by atoms with Crippen LogP contribution in [-0.4, -0.2) is 51.2 Å². The predicted octanol–water partition coefficient (Wildman–Crippen LogP) is 1.26. The molecule has 3 aliphatic rings. The summed E-state index contributed by atoms with van der Waals surface area (Å²) in [5.74, 6) is -1.18. The zero-order valence-electron chi connectivity index (χ0n) is 16.4. The molecule has 3 aliphatic heterocycles. The van der Waals surface area contributed by atoms with Crippen LogP contribution in [0.25, 0.3) is 0 Å². The number of benzene rings is 2. The highest BCUT2D eigenvalue weighted by atomic mass is 16.3. The Kier molecular flexibility index (Phi) is 4.45. The summed E-state index contributed by atoms with van der Waals surface area (Å²) >= 11 is 0. The summed E-state index contributed by atoms with van der Waals surface area (Å²) in [5.41, 5.74) is 8.02. The van der Waals surface area contributed by atoms with Gasteiger partial charge in [-0.15, -0.1) is 0 Å². The smallest absolute Gasteiger partial charge is 0.235 e. The molecule has 2 aromatic carbocycles. The van der Waals surface area contributed by atoms with Gasteiger partial charge in [-0.1, -0.05) is 54.6 Å². The first-order valence-electron chi connectivity index (χ1n) is 10.2. The van der Waals surface area contributed by atoms with Crippen LogP contribution in [0.15, 0.2) is 54.6 Å². The van der Waals surface area contributed by atoms with Crippen LogP contribution in [0.3, 0.4) is 0 Å². The molecule has 5 rings (SSSR count). The van der Waals surface area contributed by atoms with E-state index in [1.807, 2.05) is 42.5 Å². The third-order valence-corrected chi connectivity index (χ3v) is 6.71. The number of hydrogen-bond acceptors (Lipinski definition) is 5. The lowest BCUT2D eigenvalue weighted by Crippen LogP contribution is -2.39. The van der Waals surface area contributed by atoms with Crippen molar-refractivity contribution in [3.63, 3.8) is 0 Å². The number of fused-ring (bicyclic) bond motifs is 3. The van der Waals surface area contributed by atoms with Crippen LogP contribution < -0.4 is 5.73 Å². The van der Waals surface area contributed by atoms with E-state index in [1.54, 1.807) is 12.1 Å². The molecule has 5 atom stereocenters. The Labute approximate surface area is 174 Å². The van der Waals surface area contributed by atoms with Crippen LogP contribution in [-0.2, 0) is 16.1 Å². The second-order valence-corrected chi connectivity index (χ2v) is 8.43. The number of likely N-dealkylation sites (tertiary alicyclic amines) is 1. The molecule has 3 heterocycles. The summed E-state index contributed by atoms with van der Waals surface area (Å²) in [6, 6.07) is 16.4. The number of amidine groups is 1. The lowest BCUT2D eigenvalue weighted by Gasteiger charge is -2.29. The SMILES string of the molecule is N=C(N)c1ccc([C@H]2[C@@H]3C(=O)N(Cc4ccccc4)C(=O)[C@@H]3[C@@H]3C[C@@H](O)CN32)cc1. The van der Waals surface area contributed by atoms with E-state index in [0.717, 1.165) is 11.1 Å². The van der Waals surface area contributed by atoms with Gasteiger partial charge in [0.25, 0.3) is 0 Å². The number of carbonyl (C=O) groups is 2. The van der Waals surface area contributed by atoms with Gasteiger partial charge >= 0.3 is 0 Å². The lowest BCUT2D eigenvalue weighted by molar-refractivity contribution is -0.142. The number of rotatable bonds is 4. The van der Waals surface area contributed by atoms with Crippen molar-refractivity contribution in [2.45, 2.75) is 31.2 Å². The van der Waals surface area contributed by atoms with Gasteiger partial charge in [0, 0.05) is 24.2 Å². The molecule has 154 valence electrons. The van der Waals surface area contributed by atoms with Gasteiger partial charge in [-0.3, -0.25) is 24.8 Å². The van der Waals surface area contributed by atoms with E-state index in [-0.39, 0.29) is 36.3 Å². The summed E-state index contributed by atoms with van der Waals surface area (Å²) < 4.78 is 0. The summed E-state index contributed by atoms with van der Waals surface area (Å²) in [5, 5.41) is 17.9. The van der Waals surface area contributed by atoms with E-state index in [2.05, 4.69) is 4.90 Å². The number of imide groups is 1. The second kappa shape index (κ2) is 7.04. The third kappa shape index (κ3) is 2.85. The van der Waals surface area contributed by atoms with Crippen molar-refractivity contribution >= 4 is 17.6 Å². The number of amides is 2. The lowest BCUT2D eigenvalue weighted by atomic mass is 9.85. The number of carbonyl (C=O) groups excluding carboxylic acids is 2. The van der Waals surface area contributed by atoms with Crippen LogP contribution in [0.4, 0.5) is 0 Å². The minimum absolute atomic E-state index is 0.0125. The molecule has 0 saturated carbocycles. The molecule has 0 aromatic heterocycles. The van der Waals surface area contributed by atoms with Crippen molar-refractivity contribution in [2.24, 2.45) is 17.6 Å². The van der Waals surface area contributed by atoms with E-state index in [1.165, 1.54) is 4.90 Å². The van der Waals surface area contributed by atoms with E-state index in [0.29, 0.717) is 18.5 Å². The summed E-state index contributed by atoms with van der Waals surface area (Å²) in [4.78, 5) is 30.3. The van der Waals surface area contributed by atoms with Gasteiger partial charge in [-0.2, -0.15) is 0 Å². The molecule has 3 saturated heterocycles. The molecule has 0 spiro atoms. The molecule has 30 heavy (non-hydrogen) atoms. The molecular weight excluding hydrogens is 380 g/mol. The Morgan fingerprint density at radius 2 is 1.70 bits per heavy atom. The molecule has 7 heteroatoms. The maximum atomic E-state index is 13.4. The first kappa shape index (κ1) is 19.0. The van der Waals surface area contributed by atoms with Crippen molar-refractivity contribution in [1.82, 2.24) is 9.80 Å². The predicted molar refractivity (Wildman–Crippen MR) is 110 cm³/mol. The van der Waals surface area contributed by atoms with Crippen molar-refractivity contribution in [2.75, 3.05) is 6.54 Å². The minimum atomic E-state index is -0.499. The first-order valence-corrected chi connectivity index (χ1v) is 10.2. The molecule has 2 aromatic rings. The third-order valence-electron chi connectivity index (χ3n) is 6.71. The minimum Gasteiger partial charge on any atom is -0.392 e. The molecule has 0 bridgehead atoms. The fourth-order valence-corrected chi connectivity index (χ4v) is 5.44. The topological polar surface area (TPSA) is 111 Å². The van der Waals surface area contributed by atoms with E-state index in [4.69, 9.17) is 11.1 Å². The monoisotopic (exact) mass is 404 g/mol. The average molecular weight is 404 g/mol. The number of nitrogens with two attached hydrogens (primary N) is 1. The molecule has 3 fully saturated rings. The standard InChI is InChI=1S/C23H24N4O3/c24-21(25)15-8-6-14(7-9-15)20-19-18(17-10-16(28)12-26(17)20)22(29)27(23(19)30)11-13-4-2-1-3-5-13/h1-9,16-20,28H,10-12H2,(H3,24,25)/t16-,17+,18-,19-,20+/m1/s1. The molecule has 0 aliphatic carbocycles. The van der Waals surface area contributed by atoms with Crippen LogP contribution in [0.5, 0.6) is 0 Å². The van der Waals surface area contributed by atoms with Gasteiger partial charge in [0.2, 0.25) is 11.8 Å². The number of nitrogens with one attached hydrogen (secondary N) is 1. The Balaban J connectivity index is 1.51. The first-order chi connectivity index (χ1) is 14.5. The van der Waals surface area contributed by atoms with E-state index in [9.17, 15) is 14.7 Å². The largest absolute Gasteiger partial charge is 0.392 e. The Morgan fingerprint density at radius 1 is 1.03 bits per heavy atom. The van der Waals surface area contributed by atoms with Crippen molar-refractivity contribution in [3.8, 4) is 0 Å². The van der Waals surface area contributed by atoms with Gasteiger partial charge in [-0.05, 0) is 17.5 Å². The van der Waals surface area contributed by atoms with Gasteiger partial charge in [-0.25, -0.2) is 0 Å². The Hall–Kier alpha value is -3.03. The highest BCUT2D eigenvalue weighted by Gasteiger charge is 2.63. The van der Waals surface area contributed by atoms with E-state index < -0.39 is 17.9 Å². The number of hydrogen-bond donors (Lipinski definition) is 3. The van der Waals surface area contributed by atoms with Gasteiger partial charge in [0.05, 0.1) is 24.5 Å². The van der Waals surface area contributed by atoms with E-state index >= 15 is 0 Å². The normalized spacial score (nSPS) is 30.6. The fourth-order valence-electron chi connectivity index (χ4n) is 5.44. The Morgan fingerprint density at radius 3 is 2.37 bits per heavy atom. The molecule has 2 amide bonds. The Bertz CT molecular complexity index is 1010. The van der Waals surface area contributed by atoms with Crippen molar-refractivity contribution in [3.05, 3.63) is 71.3 Å². The summed E-state index contributed by atoms with van der Waals surface area (Å²) in [6.45, 7) is 0.729. The van der Waals surface area contributed by atoms with Crippen LogP contribution in [0.2, 0.25) is 0 Å². The zero-order valence-corrected chi connectivity index (χ0v) is 16.4. The van der Waals surface area contributed by atoms with Gasteiger partial charge < -0.3 is 10.8 Å². The number of aliphatic hydroxyl groups excluding tert-OH is 1. The van der Waals surface area contributed by atoms with Crippen LogP contribution in [0.1, 0.15) is 29.2 Å². The average Bonchev–Trinajstić information content (AvgIpc) is 3.33. The molecule has 0 radical (unpaired) electrons. The van der Waals surface area contributed by atoms with Crippen molar-refractivity contribution < 1.29 is 14.7 Å². The number of nitrogen functional groups attached to an aromatic ring is 1. The fraction of sp³-hybridized carbons (Fsp3) is 0.348. The van der Waals surface area contributed by atoms with Gasteiger partial charge in [0.15, 0.2) is 0 Å². The summed E-state index contributed by atoms with van der Waals surface area (Å²) in [6.07, 6.45) is 0.00232. The maximum absolute atomic E-state index is 13.4. The van der Waals surface area contributed by atoms with Gasteiger partial charge in [0.1, 0.15) is 5.84 Å². The number of aliphatic hydroxyl groups is 1. The number of nitrogens with zero attached hydrogens (tertiary/aromatic N) is 2. The molecule has 7 nitrogen and oxygen atoms in total. The molecule has 0 unspecified atom stereocenters. The molecule has 4 N–H and O–H groups in total. The second-order valence-electron chi connectivity index (χ2n) is 8.43. The quantitative estimate of drug-likeness (QED) is 0.404.